The summed E-state index contributed by atoms with van der Waals surface area (Å²) in [5.41, 5.74) is 0.931. The third-order valence-corrected chi connectivity index (χ3v) is 4.85. The van der Waals surface area contributed by atoms with Crippen molar-refractivity contribution in [3.63, 3.8) is 0 Å². The first-order valence-corrected chi connectivity index (χ1v) is 8.43. The van der Waals surface area contributed by atoms with Crippen LogP contribution in [-0.4, -0.2) is 38.1 Å². The van der Waals surface area contributed by atoms with Crippen molar-refractivity contribution in [2.24, 2.45) is 5.92 Å². The number of rotatable bonds is 3. The van der Waals surface area contributed by atoms with Crippen LogP contribution >= 0.6 is 0 Å². The lowest BCUT2D eigenvalue weighted by Gasteiger charge is -2.33. The zero-order valence-corrected chi connectivity index (χ0v) is 12.2. The van der Waals surface area contributed by atoms with Gasteiger partial charge in [0.15, 0.2) is 0 Å². The second-order valence-electron chi connectivity index (χ2n) is 5.51. The van der Waals surface area contributed by atoms with Gasteiger partial charge in [-0.25, -0.2) is 0 Å². The molecule has 0 radical (unpaired) electrons. The molecule has 0 bridgehead atoms. The van der Waals surface area contributed by atoms with E-state index in [2.05, 4.69) is 0 Å². The second-order valence-corrected chi connectivity index (χ2v) is 6.92. The lowest BCUT2D eigenvalue weighted by atomic mass is 9.99. The van der Waals surface area contributed by atoms with Gasteiger partial charge in [0, 0.05) is 30.9 Å². The fraction of sp³-hybridized carbons (Fsp3) is 0.500. The van der Waals surface area contributed by atoms with Gasteiger partial charge < -0.3 is 9.64 Å². The molecule has 1 amide bonds. The maximum Gasteiger partial charge on any atom is 0.302 e. The molecule has 7 heteroatoms. The molecule has 0 N–H and O–H groups in total. The van der Waals surface area contributed by atoms with Crippen molar-refractivity contribution in [2.45, 2.75) is 18.9 Å². The molecular formula is C14H16FNO4S. The number of nitrogens with zero attached hydrogens (tertiary/aromatic N) is 1. The van der Waals surface area contributed by atoms with Crippen molar-refractivity contribution in [3.8, 4) is 5.75 Å². The second kappa shape index (κ2) is 5.29. The van der Waals surface area contributed by atoms with Crippen LogP contribution in [0.15, 0.2) is 24.3 Å². The smallest absolute Gasteiger partial charge is 0.302 e. The van der Waals surface area contributed by atoms with Gasteiger partial charge in [-0.15, -0.1) is 3.89 Å². The van der Waals surface area contributed by atoms with Gasteiger partial charge in [0.2, 0.25) is 5.91 Å². The molecule has 3 rings (SSSR count). The summed E-state index contributed by atoms with van der Waals surface area (Å²) >= 11 is 0. The van der Waals surface area contributed by atoms with Gasteiger partial charge >= 0.3 is 10.2 Å². The van der Waals surface area contributed by atoms with Crippen LogP contribution in [0.5, 0.6) is 5.75 Å². The molecule has 2 aliphatic rings. The van der Waals surface area contributed by atoms with E-state index in [1.165, 1.54) is 0 Å². The Morgan fingerprint density at radius 3 is 2.86 bits per heavy atom. The summed E-state index contributed by atoms with van der Waals surface area (Å²) in [4.78, 5) is 13.8. The van der Waals surface area contributed by atoms with Gasteiger partial charge in [-0.3, -0.25) is 4.79 Å². The minimum Gasteiger partial charge on any atom is -0.493 e. The molecular weight excluding hydrogens is 297 g/mol. The van der Waals surface area contributed by atoms with E-state index in [4.69, 9.17) is 4.74 Å². The van der Waals surface area contributed by atoms with E-state index in [9.17, 15) is 17.1 Å². The summed E-state index contributed by atoms with van der Waals surface area (Å²) in [7, 11) is -4.55. The number of fused-ring (bicyclic) bond motifs is 1. The largest absolute Gasteiger partial charge is 0.493 e. The lowest BCUT2D eigenvalue weighted by Crippen LogP contribution is -2.34. The van der Waals surface area contributed by atoms with Crippen LogP contribution < -0.4 is 4.74 Å². The molecule has 21 heavy (non-hydrogen) atoms. The summed E-state index contributed by atoms with van der Waals surface area (Å²) in [6.45, 7) is 0.790. The molecule has 2 aliphatic heterocycles. The van der Waals surface area contributed by atoms with Gasteiger partial charge in [-0.2, -0.15) is 8.42 Å². The predicted octanol–water partition coefficient (Wildman–Crippen LogP) is 1.66. The predicted molar refractivity (Wildman–Crippen MR) is 74.0 cm³/mol. The summed E-state index contributed by atoms with van der Waals surface area (Å²) < 4.78 is 39.9. The molecule has 0 aromatic heterocycles. The highest BCUT2D eigenvalue weighted by Crippen LogP contribution is 2.38. The number of benzene rings is 1. The van der Waals surface area contributed by atoms with Crippen LogP contribution in [0.25, 0.3) is 0 Å². The maximum absolute atomic E-state index is 12.8. The van der Waals surface area contributed by atoms with Crippen molar-refractivity contribution in [2.75, 3.05) is 18.9 Å². The Hall–Kier alpha value is -1.63. The van der Waals surface area contributed by atoms with E-state index in [-0.39, 0.29) is 24.9 Å². The van der Waals surface area contributed by atoms with E-state index in [0.29, 0.717) is 13.0 Å². The number of carbonyl (C=O) groups excluding carboxylic acids is 1. The molecule has 0 saturated carbocycles. The van der Waals surface area contributed by atoms with E-state index in [0.717, 1.165) is 11.3 Å². The quantitative estimate of drug-likeness (QED) is 0.796. The first-order chi connectivity index (χ1) is 9.94. The Kier molecular flexibility index (Phi) is 3.61. The number of para-hydroxylation sites is 1. The van der Waals surface area contributed by atoms with Crippen molar-refractivity contribution in [1.82, 2.24) is 4.90 Å². The average molecular weight is 313 g/mol. The lowest BCUT2D eigenvalue weighted by molar-refractivity contribution is -0.130. The number of ether oxygens (including phenoxy) is 1. The Balaban J connectivity index is 1.81. The molecule has 1 saturated heterocycles. The molecule has 1 aromatic carbocycles. The summed E-state index contributed by atoms with van der Waals surface area (Å²) in [5, 5.41) is 0. The van der Waals surface area contributed by atoms with E-state index in [1.54, 1.807) is 4.90 Å². The number of likely N-dealkylation sites (tertiary alicyclic amines) is 1. The van der Waals surface area contributed by atoms with E-state index >= 15 is 0 Å². The van der Waals surface area contributed by atoms with Crippen LogP contribution in [0.4, 0.5) is 3.89 Å². The molecule has 1 fully saturated rings. The minimum atomic E-state index is -4.55. The number of amides is 1. The number of hydrogen-bond acceptors (Lipinski definition) is 4. The standard InChI is InChI=1S/C14H16FNO4S/c15-21(18,19)9-10-7-14(17)16(8-10)12-5-6-20-13-4-2-1-3-11(12)13/h1-4,10,12H,5-9H2. The fourth-order valence-corrected chi connectivity index (χ4v) is 3.94. The van der Waals surface area contributed by atoms with Crippen LogP contribution in [0, 0.1) is 5.92 Å². The summed E-state index contributed by atoms with van der Waals surface area (Å²) in [6, 6.07) is 7.39. The SMILES string of the molecule is O=C1CC(CS(=O)(=O)F)CN1C1CCOc2ccccc21. The molecule has 0 aliphatic carbocycles. The van der Waals surface area contributed by atoms with Gasteiger partial charge in [-0.05, 0) is 6.07 Å². The highest BCUT2D eigenvalue weighted by Gasteiger charge is 2.38. The zero-order valence-electron chi connectivity index (χ0n) is 11.4. The Labute approximate surface area is 122 Å². The van der Waals surface area contributed by atoms with Gasteiger partial charge in [-0.1, -0.05) is 18.2 Å². The van der Waals surface area contributed by atoms with Crippen LogP contribution in [-0.2, 0) is 15.0 Å². The van der Waals surface area contributed by atoms with E-state index < -0.39 is 21.9 Å². The molecule has 2 unspecified atom stereocenters. The average Bonchev–Trinajstić information content (AvgIpc) is 2.76. The number of carbonyl (C=O) groups is 1. The van der Waals surface area contributed by atoms with Crippen LogP contribution in [0.3, 0.4) is 0 Å². The van der Waals surface area contributed by atoms with Crippen LogP contribution in [0.2, 0.25) is 0 Å². The zero-order chi connectivity index (χ0) is 15.0. The molecule has 1 aromatic rings. The summed E-state index contributed by atoms with van der Waals surface area (Å²) in [6.07, 6.45) is 0.751. The first kappa shape index (κ1) is 14.3. The molecule has 2 heterocycles. The van der Waals surface area contributed by atoms with Crippen LogP contribution in [0.1, 0.15) is 24.4 Å². The molecule has 5 nitrogen and oxygen atoms in total. The number of halogens is 1. The molecule has 0 spiro atoms. The number of hydrogen-bond donors (Lipinski definition) is 0. The Morgan fingerprint density at radius 1 is 1.33 bits per heavy atom. The molecule has 2 atom stereocenters. The highest BCUT2D eigenvalue weighted by molar-refractivity contribution is 7.86. The minimum absolute atomic E-state index is 0.0860. The van der Waals surface area contributed by atoms with Crippen molar-refractivity contribution in [1.29, 1.82) is 0 Å². The monoisotopic (exact) mass is 313 g/mol. The van der Waals surface area contributed by atoms with Gasteiger partial charge in [0.05, 0.1) is 18.4 Å². The van der Waals surface area contributed by atoms with Crippen molar-refractivity contribution < 1.29 is 21.8 Å². The van der Waals surface area contributed by atoms with Gasteiger partial charge in [0.25, 0.3) is 0 Å². The fourth-order valence-electron chi connectivity index (χ4n) is 3.15. The normalized spacial score (nSPS) is 25.6. The Bertz CT molecular complexity index is 661. The summed E-state index contributed by atoms with van der Waals surface area (Å²) in [5.74, 6) is -0.420. The van der Waals surface area contributed by atoms with E-state index in [1.807, 2.05) is 24.3 Å². The topological polar surface area (TPSA) is 63.7 Å². The third kappa shape index (κ3) is 3.02. The van der Waals surface area contributed by atoms with Gasteiger partial charge in [0.1, 0.15) is 5.75 Å². The Morgan fingerprint density at radius 2 is 2.10 bits per heavy atom. The maximum atomic E-state index is 12.8. The van der Waals surface area contributed by atoms with Crippen molar-refractivity contribution >= 4 is 16.1 Å². The third-order valence-electron chi connectivity index (χ3n) is 3.98. The molecule has 114 valence electrons. The first-order valence-electron chi connectivity index (χ1n) is 6.87. The van der Waals surface area contributed by atoms with Crippen molar-refractivity contribution in [3.05, 3.63) is 29.8 Å². The highest BCUT2D eigenvalue weighted by atomic mass is 32.3.